The fourth-order valence-corrected chi connectivity index (χ4v) is 3.08. The number of fused-ring (bicyclic) bond motifs is 1. The van der Waals surface area contributed by atoms with Crippen molar-refractivity contribution in [3.63, 3.8) is 0 Å². The van der Waals surface area contributed by atoms with Crippen molar-refractivity contribution in [1.29, 1.82) is 0 Å². The number of amides is 2. The highest BCUT2D eigenvalue weighted by Gasteiger charge is 2.33. The van der Waals surface area contributed by atoms with Gasteiger partial charge < -0.3 is 9.15 Å². The molecule has 0 N–H and O–H groups in total. The maximum Gasteiger partial charge on any atom is 0.326 e. The van der Waals surface area contributed by atoms with Crippen molar-refractivity contribution >= 4 is 17.8 Å². The van der Waals surface area contributed by atoms with E-state index in [9.17, 15) is 18.8 Å². The lowest BCUT2D eigenvalue weighted by Crippen LogP contribution is -2.45. The number of rotatable bonds is 5. The van der Waals surface area contributed by atoms with Crippen LogP contribution in [0.15, 0.2) is 52.9 Å². The third-order valence-electron chi connectivity index (χ3n) is 4.61. The Labute approximate surface area is 170 Å². The summed E-state index contributed by atoms with van der Waals surface area (Å²) < 4.78 is 23.8. The highest BCUT2D eigenvalue weighted by atomic mass is 19.1. The number of ether oxygens (including phenoxy) is 1. The normalized spacial score (nSPS) is 14.4. The van der Waals surface area contributed by atoms with E-state index in [2.05, 4.69) is 10.2 Å². The Bertz CT molecular complexity index is 1130. The van der Waals surface area contributed by atoms with Gasteiger partial charge in [-0.1, -0.05) is 18.2 Å². The second-order valence-corrected chi connectivity index (χ2v) is 6.70. The molecule has 4 rings (SSSR count). The monoisotopic (exact) mass is 409 g/mol. The topological polar surface area (TPSA) is 103 Å². The van der Waals surface area contributed by atoms with Crippen LogP contribution in [0.1, 0.15) is 34.8 Å². The molecule has 2 amide bonds. The minimum absolute atomic E-state index is 0.0318. The minimum atomic E-state index is -0.901. The molecule has 30 heavy (non-hydrogen) atoms. The summed E-state index contributed by atoms with van der Waals surface area (Å²) in [6, 6.07) is 12.2. The third-order valence-corrected chi connectivity index (χ3v) is 4.61. The Morgan fingerprint density at radius 1 is 1.17 bits per heavy atom. The Kier molecular flexibility index (Phi) is 5.09. The van der Waals surface area contributed by atoms with Crippen molar-refractivity contribution in [2.24, 2.45) is 0 Å². The molecule has 0 aliphatic carbocycles. The number of imide groups is 1. The van der Waals surface area contributed by atoms with Crippen molar-refractivity contribution < 1.29 is 27.9 Å². The predicted molar refractivity (Wildman–Crippen MR) is 100 cm³/mol. The number of hydrogen-bond donors (Lipinski definition) is 0. The molecule has 0 unspecified atom stereocenters. The Morgan fingerprint density at radius 3 is 2.67 bits per heavy atom. The number of carbonyl (C=O) groups is 3. The first kappa shape index (κ1) is 19.4. The summed E-state index contributed by atoms with van der Waals surface area (Å²) in [5, 5.41) is 7.70. The summed E-state index contributed by atoms with van der Waals surface area (Å²) in [5.41, 5.74) is 1.53. The van der Waals surface area contributed by atoms with E-state index in [0.29, 0.717) is 16.7 Å². The average Bonchev–Trinajstić information content (AvgIpc) is 3.22. The fraction of sp³-hybridized carbons (Fsp3) is 0.190. The molecule has 0 bridgehead atoms. The van der Waals surface area contributed by atoms with Crippen LogP contribution in [-0.2, 0) is 20.7 Å². The first-order valence-corrected chi connectivity index (χ1v) is 9.14. The molecule has 1 aliphatic rings. The Hall–Kier alpha value is -3.88. The molecule has 2 aromatic carbocycles. The molecule has 9 heteroatoms. The van der Waals surface area contributed by atoms with Gasteiger partial charge in [-0.25, -0.2) is 4.39 Å². The first-order chi connectivity index (χ1) is 14.4. The quantitative estimate of drug-likeness (QED) is 0.471. The number of esters is 1. The Balaban J connectivity index is 1.41. The van der Waals surface area contributed by atoms with Gasteiger partial charge in [-0.2, -0.15) is 0 Å². The molecule has 2 heterocycles. The van der Waals surface area contributed by atoms with Crippen LogP contribution in [0.25, 0.3) is 11.5 Å². The standard InChI is InChI=1S/C21H16FN3O5/c1-12(19-23-24-20(30-19)13-6-8-15(22)9-7-13)29-18(27)11-25-17(26)10-14-4-2-3-5-16(14)21(25)28/h2-9,12H,10-11H2,1H3/t12-/m0/s1. The van der Waals surface area contributed by atoms with Crippen LogP contribution in [0.5, 0.6) is 0 Å². The summed E-state index contributed by atoms with van der Waals surface area (Å²) in [4.78, 5) is 38.0. The summed E-state index contributed by atoms with van der Waals surface area (Å²) in [5.74, 6) is -2.02. The summed E-state index contributed by atoms with van der Waals surface area (Å²) in [6.07, 6.45) is -0.864. The second kappa shape index (κ2) is 7.86. The van der Waals surface area contributed by atoms with Gasteiger partial charge >= 0.3 is 5.97 Å². The van der Waals surface area contributed by atoms with Crippen LogP contribution in [0.4, 0.5) is 4.39 Å². The first-order valence-electron chi connectivity index (χ1n) is 9.14. The van der Waals surface area contributed by atoms with Gasteiger partial charge in [0.1, 0.15) is 12.4 Å². The molecule has 1 aliphatic heterocycles. The van der Waals surface area contributed by atoms with Crippen molar-refractivity contribution in [3.8, 4) is 11.5 Å². The molecule has 0 saturated carbocycles. The number of benzene rings is 2. The van der Waals surface area contributed by atoms with Gasteiger partial charge in [-0.15, -0.1) is 10.2 Å². The lowest BCUT2D eigenvalue weighted by atomic mass is 9.98. The van der Waals surface area contributed by atoms with Gasteiger partial charge in [0, 0.05) is 11.1 Å². The molecule has 0 spiro atoms. The molecule has 0 saturated heterocycles. The van der Waals surface area contributed by atoms with Crippen molar-refractivity contribution in [2.75, 3.05) is 6.54 Å². The molecular weight excluding hydrogens is 393 g/mol. The maximum atomic E-state index is 13.0. The molecule has 1 atom stereocenters. The van der Waals surface area contributed by atoms with Crippen LogP contribution in [-0.4, -0.2) is 39.4 Å². The number of hydrogen-bond acceptors (Lipinski definition) is 7. The molecule has 0 radical (unpaired) electrons. The van der Waals surface area contributed by atoms with Crippen LogP contribution in [0.2, 0.25) is 0 Å². The van der Waals surface area contributed by atoms with Crippen LogP contribution in [0.3, 0.4) is 0 Å². The zero-order valence-electron chi connectivity index (χ0n) is 15.9. The van der Waals surface area contributed by atoms with Gasteiger partial charge in [0.15, 0.2) is 6.10 Å². The number of aromatic nitrogens is 2. The number of nitrogens with zero attached hydrogens (tertiary/aromatic N) is 3. The van der Waals surface area contributed by atoms with E-state index in [-0.39, 0.29) is 18.2 Å². The van der Waals surface area contributed by atoms with Gasteiger partial charge in [-0.05, 0) is 42.8 Å². The van der Waals surface area contributed by atoms with E-state index < -0.39 is 36.2 Å². The van der Waals surface area contributed by atoms with Gasteiger partial charge in [-0.3, -0.25) is 19.3 Å². The molecule has 152 valence electrons. The third kappa shape index (κ3) is 3.82. The predicted octanol–water partition coefficient (Wildman–Crippen LogP) is 2.71. The van der Waals surface area contributed by atoms with E-state index in [1.165, 1.54) is 31.2 Å². The maximum absolute atomic E-state index is 13.0. The van der Waals surface area contributed by atoms with Crippen molar-refractivity contribution in [2.45, 2.75) is 19.4 Å². The minimum Gasteiger partial charge on any atom is -0.451 e. The van der Waals surface area contributed by atoms with Crippen LogP contribution in [0, 0.1) is 5.82 Å². The Morgan fingerprint density at radius 2 is 1.90 bits per heavy atom. The zero-order valence-corrected chi connectivity index (χ0v) is 15.9. The summed E-state index contributed by atoms with van der Waals surface area (Å²) in [7, 11) is 0. The lowest BCUT2D eigenvalue weighted by molar-refractivity contribution is -0.153. The van der Waals surface area contributed by atoms with E-state index >= 15 is 0 Å². The van der Waals surface area contributed by atoms with Crippen LogP contribution < -0.4 is 0 Å². The highest BCUT2D eigenvalue weighted by Crippen LogP contribution is 2.23. The van der Waals surface area contributed by atoms with Crippen molar-refractivity contribution in [3.05, 3.63) is 71.4 Å². The van der Waals surface area contributed by atoms with E-state index in [1.54, 1.807) is 24.3 Å². The largest absolute Gasteiger partial charge is 0.451 e. The van der Waals surface area contributed by atoms with Crippen molar-refractivity contribution in [1.82, 2.24) is 15.1 Å². The van der Waals surface area contributed by atoms with Gasteiger partial charge in [0.2, 0.25) is 11.8 Å². The average molecular weight is 409 g/mol. The lowest BCUT2D eigenvalue weighted by Gasteiger charge is -2.26. The number of carbonyl (C=O) groups excluding carboxylic acids is 3. The van der Waals surface area contributed by atoms with E-state index in [1.807, 2.05) is 0 Å². The molecule has 8 nitrogen and oxygen atoms in total. The molecule has 1 aromatic heterocycles. The summed E-state index contributed by atoms with van der Waals surface area (Å²) in [6.45, 7) is 1.00. The van der Waals surface area contributed by atoms with Gasteiger partial charge in [0.25, 0.3) is 11.8 Å². The van der Waals surface area contributed by atoms with E-state index in [0.717, 1.165) is 4.90 Å². The summed E-state index contributed by atoms with van der Waals surface area (Å²) >= 11 is 0. The highest BCUT2D eigenvalue weighted by molar-refractivity contribution is 6.11. The molecule has 3 aromatic rings. The van der Waals surface area contributed by atoms with Gasteiger partial charge in [0.05, 0.1) is 6.42 Å². The van der Waals surface area contributed by atoms with Crippen LogP contribution >= 0.6 is 0 Å². The molecular formula is C21H16FN3O5. The molecule has 0 fully saturated rings. The fourth-order valence-electron chi connectivity index (χ4n) is 3.08. The SMILES string of the molecule is C[C@H](OC(=O)CN1C(=O)Cc2ccccc2C1=O)c1nnc(-c2ccc(F)cc2)o1. The zero-order chi connectivity index (χ0) is 21.3. The number of halogens is 1. The van der Waals surface area contributed by atoms with E-state index in [4.69, 9.17) is 9.15 Å². The smallest absolute Gasteiger partial charge is 0.326 e. The second-order valence-electron chi connectivity index (χ2n) is 6.70.